The third-order valence-corrected chi connectivity index (χ3v) is 3.39. The monoisotopic (exact) mass is 276 g/mol. The van der Waals surface area contributed by atoms with Crippen LogP contribution in [0.4, 0.5) is 4.39 Å². The van der Waals surface area contributed by atoms with Gasteiger partial charge in [0.15, 0.2) is 0 Å². The van der Waals surface area contributed by atoms with Crippen molar-refractivity contribution in [2.45, 2.75) is 33.1 Å². The maximum absolute atomic E-state index is 13.0. The van der Waals surface area contributed by atoms with E-state index in [-0.39, 0.29) is 11.2 Å². The Morgan fingerprint density at radius 2 is 1.74 bits per heavy atom. The standard InChI is InChI=1S/C15H17FN2S/c1-9-12(10-5-7-11(16)8-6-10)17-14(15(2,3)4)18-13(9)19/h5-8H,1-4H3,(H,17,18,19). The van der Waals surface area contributed by atoms with Crippen LogP contribution < -0.4 is 0 Å². The molecule has 2 rings (SSSR count). The van der Waals surface area contributed by atoms with E-state index in [1.807, 2.05) is 6.92 Å². The quantitative estimate of drug-likeness (QED) is 0.774. The van der Waals surface area contributed by atoms with Crippen LogP contribution in [0.2, 0.25) is 0 Å². The summed E-state index contributed by atoms with van der Waals surface area (Å²) in [6.07, 6.45) is 0. The first-order valence-electron chi connectivity index (χ1n) is 6.16. The lowest BCUT2D eigenvalue weighted by Crippen LogP contribution is -2.17. The van der Waals surface area contributed by atoms with Gasteiger partial charge in [-0.25, -0.2) is 9.37 Å². The molecule has 4 heteroatoms. The number of nitrogens with one attached hydrogen (secondary N) is 1. The molecule has 1 aromatic carbocycles. The fourth-order valence-corrected chi connectivity index (χ4v) is 1.99. The summed E-state index contributed by atoms with van der Waals surface area (Å²) < 4.78 is 13.6. The number of aromatic nitrogens is 2. The van der Waals surface area contributed by atoms with Crippen LogP contribution in [0.15, 0.2) is 24.3 Å². The van der Waals surface area contributed by atoms with Crippen LogP contribution in [0, 0.1) is 17.4 Å². The highest BCUT2D eigenvalue weighted by molar-refractivity contribution is 7.71. The number of benzene rings is 1. The molecule has 2 nitrogen and oxygen atoms in total. The third kappa shape index (κ3) is 2.89. The largest absolute Gasteiger partial charge is 0.342 e. The fourth-order valence-electron chi connectivity index (χ4n) is 1.79. The molecule has 0 saturated heterocycles. The van der Waals surface area contributed by atoms with Gasteiger partial charge in [0.05, 0.1) is 5.69 Å². The Hall–Kier alpha value is -1.55. The van der Waals surface area contributed by atoms with Crippen molar-refractivity contribution < 1.29 is 4.39 Å². The van der Waals surface area contributed by atoms with E-state index in [1.54, 1.807) is 12.1 Å². The zero-order valence-electron chi connectivity index (χ0n) is 11.5. The van der Waals surface area contributed by atoms with Crippen molar-refractivity contribution in [1.29, 1.82) is 0 Å². The number of halogens is 1. The van der Waals surface area contributed by atoms with Crippen LogP contribution >= 0.6 is 12.2 Å². The lowest BCUT2D eigenvalue weighted by atomic mass is 9.95. The Morgan fingerprint density at radius 3 is 2.26 bits per heavy atom. The molecule has 0 aliphatic heterocycles. The van der Waals surface area contributed by atoms with Gasteiger partial charge in [-0.05, 0) is 36.8 Å². The van der Waals surface area contributed by atoms with Gasteiger partial charge < -0.3 is 4.98 Å². The average Bonchev–Trinajstić information content (AvgIpc) is 2.32. The second kappa shape index (κ2) is 4.85. The summed E-state index contributed by atoms with van der Waals surface area (Å²) in [5.74, 6) is 0.590. The maximum atomic E-state index is 13.0. The first-order valence-corrected chi connectivity index (χ1v) is 6.57. The lowest BCUT2D eigenvalue weighted by Gasteiger charge is -2.19. The molecule has 1 aromatic heterocycles. The van der Waals surface area contributed by atoms with Gasteiger partial charge in [0.25, 0.3) is 0 Å². The van der Waals surface area contributed by atoms with Crippen molar-refractivity contribution in [2.75, 3.05) is 0 Å². The van der Waals surface area contributed by atoms with Crippen LogP contribution in [-0.4, -0.2) is 9.97 Å². The molecule has 0 unspecified atom stereocenters. The van der Waals surface area contributed by atoms with E-state index in [0.29, 0.717) is 4.64 Å². The summed E-state index contributed by atoms with van der Waals surface area (Å²) in [5.41, 5.74) is 2.62. The molecule has 0 aliphatic rings. The normalized spacial score (nSPS) is 11.6. The number of nitrogens with zero attached hydrogens (tertiary/aromatic N) is 1. The zero-order valence-corrected chi connectivity index (χ0v) is 12.4. The van der Waals surface area contributed by atoms with Crippen LogP contribution in [-0.2, 0) is 5.41 Å². The minimum Gasteiger partial charge on any atom is -0.342 e. The van der Waals surface area contributed by atoms with Crippen molar-refractivity contribution in [2.24, 2.45) is 0 Å². The van der Waals surface area contributed by atoms with Crippen LogP contribution in [0.25, 0.3) is 11.3 Å². The van der Waals surface area contributed by atoms with Crippen molar-refractivity contribution in [3.05, 3.63) is 46.1 Å². The summed E-state index contributed by atoms with van der Waals surface area (Å²) in [4.78, 5) is 7.76. The molecule has 0 atom stereocenters. The predicted octanol–water partition coefficient (Wildman–Crippen LogP) is 4.55. The Morgan fingerprint density at radius 1 is 1.16 bits per heavy atom. The van der Waals surface area contributed by atoms with E-state index in [2.05, 4.69) is 30.7 Å². The smallest absolute Gasteiger partial charge is 0.133 e. The fraction of sp³-hybridized carbons (Fsp3) is 0.333. The summed E-state index contributed by atoms with van der Waals surface area (Å²) in [5, 5.41) is 0. The molecule has 0 fully saturated rings. The molecule has 0 aliphatic carbocycles. The Balaban J connectivity index is 2.66. The number of hydrogen-bond donors (Lipinski definition) is 1. The molecule has 1 heterocycles. The van der Waals surface area contributed by atoms with Crippen LogP contribution in [0.3, 0.4) is 0 Å². The SMILES string of the molecule is Cc1c(-c2ccc(F)cc2)[nH]c(C(C)(C)C)nc1=S. The molecule has 0 saturated carbocycles. The van der Waals surface area contributed by atoms with Gasteiger partial charge >= 0.3 is 0 Å². The van der Waals surface area contributed by atoms with Gasteiger partial charge in [0.2, 0.25) is 0 Å². The predicted molar refractivity (Wildman–Crippen MR) is 78.3 cm³/mol. The molecular formula is C15H17FN2S. The average molecular weight is 276 g/mol. The highest BCUT2D eigenvalue weighted by Crippen LogP contribution is 2.26. The van der Waals surface area contributed by atoms with Gasteiger partial charge in [-0.3, -0.25) is 0 Å². The molecule has 0 spiro atoms. The van der Waals surface area contributed by atoms with Crippen molar-refractivity contribution in [1.82, 2.24) is 9.97 Å². The van der Waals surface area contributed by atoms with Crippen LogP contribution in [0.5, 0.6) is 0 Å². The summed E-state index contributed by atoms with van der Waals surface area (Å²) in [6, 6.07) is 6.39. The van der Waals surface area contributed by atoms with Crippen molar-refractivity contribution in [3.8, 4) is 11.3 Å². The van der Waals surface area contributed by atoms with E-state index >= 15 is 0 Å². The third-order valence-electron chi connectivity index (χ3n) is 3.00. The zero-order chi connectivity index (χ0) is 14.2. The van der Waals surface area contributed by atoms with E-state index in [4.69, 9.17) is 12.2 Å². The number of rotatable bonds is 1. The van der Waals surface area contributed by atoms with Gasteiger partial charge in [0, 0.05) is 11.0 Å². The highest BCUT2D eigenvalue weighted by Gasteiger charge is 2.18. The molecule has 1 N–H and O–H groups in total. The first-order chi connectivity index (χ1) is 8.79. The maximum Gasteiger partial charge on any atom is 0.133 e. The summed E-state index contributed by atoms with van der Waals surface area (Å²) in [6.45, 7) is 8.15. The molecule has 2 aromatic rings. The number of hydrogen-bond acceptors (Lipinski definition) is 2. The summed E-state index contributed by atoms with van der Waals surface area (Å²) >= 11 is 5.32. The first kappa shape index (κ1) is 13.9. The van der Waals surface area contributed by atoms with Gasteiger partial charge in [-0.1, -0.05) is 33.0 Å². The number of H-pyrrole nitrogens is 1. The van der Waals surface area contributed by atoms with E-state index < -0.39 is 0 Å². The molecule has 0 amide bonds. The highest BCUT2D eigenvalue weighted by atomic mass is 32.1. The second-order valence-corrected chi connectivity index (χ2v) is 6.03. The van der Waals surface area contributed by atoms with E-state index in [0.717, 1.165) is 22.6 Å². The minimum absolute atomic E-state index is 0.115. The molecule has 0 bridgehead atoms. The molecule has 100 valence electrons. The van der Waals surface area contributed by atoms with Crippen molar-refractivity contribution >= 4 is 12.2 Å². The Bertz CT molecular complexity index is 651. The molecular weight excluding hydrogens is 259 g/mol. The minimum atomic E-state index is -0.245. The van der Waals surface area contributed by atoms with E-state index in [1.165, 1.54) is 12.1 Å². The molecule has 0 radical (unpaired) electrons. The second-order valence-electron chi connectivity index (χ2n) is 5.65. The Kier molecular flexibility index (Phi) is 3.54. The Labute approximate surface area is 117 Å². The van der Waals surface area contributed by atoms with E-state index in [9.17, 15) is 4.39 Å². The number of aromatic amines is 1. The van der Waals surface area contributed by atoms with Crippen LogP contribution in [0.1, 0.15) is 32.2 Å². The molecule has 19 heavy (non-hydrogen) atoms. The lowest BCUT2D eigenvalue weighted by molar-refractivity contribution is 0.544. The van der Waals surface area contributed by atoms with Gasteiger partial charge in [-0.15, -0.1) is 0 Å². The van der Waals surface area contributed by atoms with Crippen molar-refractivity contribution in [3.63, 3.8) is 0 Å². The topological polar surface area (TPSA) is 28.7 Å². The van der Waals surface area contributed by atoms with Gasteiger partial charge in [-0.2, -0.15) is 0 Å². The summed E-state index contributed by atoms with van der Waals surface area (Å²) in [7, 11) is 0. The van der Waals surface area contributed by atoms with Gasteiger partial charge in [0.1, 0.15) is 16.3 Å².